The van der Waals surface area contributed by atoms with Crippen molar-refractivity contribution in [3.05, 3.63) is 0 Å². The minimum absolute atomic E-state index is 0.0629. The summed E-state index contributed by atoms with van der Waals surface area (Å²) in [6.45, 7) is 2.53. The SMILES string of the molecule is NCCNCC1(N)CCCCC1. The minimum Gasteiger partial charge on any atom is -0.329 e. The van der Waals surface area contributed by atoms with Crippen LogP contribution in [0.2, 0.25) is 0 Å². The van der Waals surface area contributed by atoms with Crippen molar-refractivity contribution in [2.75, 3.05) is 19.6 Å². The molecule has 0 radical (unpaired) electrons. The molecule has 1 aliphatic carbocycles. The molecule has 0 atom stereocenters. The lowest BCUT2D eigenvalue weighted by molar-refractivity contribution is 0.285. The molecule has 1 saturated carbocycles. The van der Waals surface area contributed by atoms with Crippen LogP contribution in [-0.4, -0.2) is 25.2 Å². The van der Waals surface area contributed by atoms with Crippen molar-refractivity contribution in [1.82, 2.24) is 5.32 Å². The van der Waals surface area contributed by atoms with Crippen LogP contribution in [0, 0.1) is 0 Å². The van der Waals surface area contributed by atoms with Gasteiger partial charge in [-0.05, 0) is 12.8 Å². The maximum atomic E-state index is 6.20. The summed E-state index contributed by atoms with van der Waals surface area (Å²) >= 11 is 0. The third-order valence-corrected chi connectivity index (χ3v) is 2.65. The number of rotatable bonds is 4. The summed E-state index contributed by atoms with van der Waals surface area (Å²) in [6.07, 6.45) is 6.28. The highest BCUT2D eigenvalue weighted by Crippen LogP contribution is 2.24. The first kappa shape index (κ1) is 9.96. The predicted octanol–water partition coefficient (Wildman–Crippen LogP) is 0.196. The van der Waals surface area contributed by atoms with Gasteiger partial charge < -0.3 is 16.8 Å². The number of nitrogens with one attached hydrogen (secondary N) is 1. The summed E-state index contributed by atoms with van der Waals surface area (Å²) < 4.78 is 0. The third kappa shape index (κ3) is 3.09. The summed E-state index contributed by atoms with van der Waals surface area (Å²) in [4.78, 5) is 0. The normalized spacial score (nSPS) is 22.5. The summed E-state index contributed by atoms with van der Waals surface area (Å²) in [5, 5.41) is 3.30. The molecule has 3 nitrogen and oxygen atoms in total. The van der Waals surface area contributed by atoms with Gasteiger partial charge >= 0.3 is 0 Å². The second-order valence-corrected chi connectivity index (χ2v) is 3.89. The molecule has 0 heterocycles. The molecule has 0 spiro atoms. The molecule has 0 aromatic heterocycles. The van der Waals surface area contributed by atoms with E-state index in [9.17, 15) is 0 Å². The third-order valence-electron chi connectivity index (χ3n) is 2.65. The van der Waals surface area contributed by atoms with Crippen molar-refractivity contribution in [2.45, 2.75) is 37.6 Å². The Hall–Kier alpha value is -0.120. The van der Waals surface area contributed by atoms with Crippen LogP contribution in [0.4, 0.5) is 0 Å². The molecule has 0 aliphatic heterocycles. The Balaban J connectivity index is 2.17. The standard InChI is InChI=1S/C9H21N3/c10-6-7-12-8-9(11)4-2-1-3-5-9/h12H,1-8,10-11H2. The molecule has 1 aliphatic rings. The average Bonchev–Trinajstić information content (AvgIpc) is 2.06. The van der Waals surface area contributed by atoms with Gasteiger partial charge in [0.25, 0.3) is 0 Å². The maximum Gasteiger partial charge on any atom is 0.0280 e. The largest absolute Gasteiger partial charge is 0.329 e. The van der Waals surface area contributed by atoms with Gasteiger partial charge in [-0.15, -0.1) is 0 Å². The van der Waals surface area contributed by atoms with Crippen molar-refractivity contribution in [1.29, 1.82) is 0 Å². The van der Waals surface area contributed by atoms with Crippen molar-refractivity contribution >= 4 is 0 Å². The lowest BCUT2D eigenvalue weighted by Gasteiger charge is -2.33. The maximum absolute atomic E-state index is 6.20. The van der Waals surface area contributed by atoms with E-state index in [0.717, 1.165) is 13.1 Å². The molecule has 0 saturated heterocycles. The van der Waals surface area contributed by atoms with E-state index in [2.05, 4.69) is 5.32 Å². The molecule has 0 aromatic rings. The van der Waals surface area contributed by atoms with Gasteiger partial charge in [0.15, 0.2) is 0 Å². The Kier molecular flexibility index (Phi) is 3.98. The summed E-state index contributed by atoms with van der Waals surface area (Å²) in [7, 11) is 0. The van der Waals surface area contributed by atoms with E-state index in [1.54, 1.807) is 0 Å². The number of nitrogens with two attached hydrogens (primary N) is 2. The Morgan fingerprint density at radius 2 is 1.83 bits per heavy atom. The highest BCUT2D eigenvalue weighted by Gasteiger charge is 2.26. The number of hydrogen-bond acceptors (Lipinski definition) is 3. The topological polar surface area (TPSA) is 64.1 Å². The molecule has 1 rings (SSSR count). The molecule has 0 aromatic carbocycles. The second kappa shape index (κ2) is 4.80. The fourth-order valence-electron chi connectivity index (χ4n) is 1.87. The van der Waals surface area contributed by atoms with Crippen LogP contribution >= 0.6 is 0 Å². The summed E-state index contributed by atoms with van der Waals surface area (Å²) in [5.74, 6) is 0. The molecule has 1 fully saturated rings. The Morgan fingerprint density at radius 3 is 2.42 bits per heavy atom. The fourth-order valence-corrected chi connectivity index (χ4v) is 1.87. The van der Waals surface area contributed by atoms with Crippen LogP contribution in [0.5, 0.6) is 0 Å². The van der Waals surface area contributed by atoms with Crippen LogP contribution in [0.25, 0.3) is 0 Å². The predicted molar refractivity (Wildman–Crippen MR) is 51.9 cm³/mol. The molecule has 3 heteroatoms. The zero-order valence-electron chi connectivity index (χ0n) is 7.81. The highest BCUT2D eigenvalue weighted by molar-refractivity contribution is 4.89. The van der Waals surface area contributed by atoms with Crippen molar-refractivity contribution in [3.8, 4) is 0 Å². The van der Waals surface area contributed by atoms with Gasteiger partial charge in [-0.25, -0.2) is 0 Å². The van der Waals surface area contributed by atoms with E-state index >= 15 is 0 Å². The van der Waals surface area contributed by atoms with Crippen LogP contribution in [0.15, 0.2) is 0 Å². The van der Waals surface area contributed by atoms with E-state index in [4.69, 9.17) is 11.5 Å². The molecule has 12 heavy (non-hydrogen) atoms. The Bertz CT molecular complexity index is 119. The molecule has 5 N–H and O–H groups in total. The van der Waals surface area contributed by atoms with Gasteiger partial charge in [-0.2, -0.15) is 0 Å². The molecule has 0 unspecified atom stereocenters. The Morgan fingerprint density at radius 1 is 1.17 bits per heavy atom. The van der Waals surface area contributed by atoms with E-state index in [-0.39, 0.29) is 5.54 Å². The van der Waals surface area contributed by atoms with Crippen LogP contribution in [0.3, 0.4) is 0 Å². The minimum atomic E-state index is 0.0629. The average molecular weight is 171 g/mol. The quantitative estimate of drug-likeness (QED) is 0.529. The summed E-state index contributed by atoms with van der Waals surface area (Å²) in [5.41, 5.74) is 11.6. The van der Waals surface area contributed by atoms with Crippen molar-refractivity contribution in [3.63, 3.8) is 0 Å². The zero-order chi connectivity index (χ0) is 8.86. The Labute approximate surface area is 74.9 Å². The lowest BCUT2D eigenvalue weighted by atomic mass is 9.82. The van der Waals surface area contributed by atoms with Crippen LogP contribution in [-0.2, 0) is 0 Å². The summed E-state index contributed by atoms with van der Waals surface area (Å²) in [6, 6.07) is 0. The first-order valence-electron chi connectivity index (χ1n) is 4.96. The van der Waals surface area contributed by atoms with E-state index in [0.29, 0.717) is 6.54 Å². The van der Waals surface area contributed by atoms with E-state index < -0.39 is 0 Å². The lowest BCUT2D eigenvalue weighted by Crippen LogP contribution is -2.50. The van der Waals surface area contributed by atoms with Crippen molar-refractivity contribution in [2.24, 2.45) is 11.5 Å². The highest BCUT2D eigenvalue weighted by atomic mass is 14.9. The van der Waals surface area contributed by atoms with Gasteiger partial charge in [0.1, 0.15) is 0 Å². The van der Waals surface area contributed by atoms with Gasteiger partial charge in [0, 0.05) is 25.2 Å². The van der Waals surface area contributed by atoms with E-state index in [1.165, 1.54) is 32.1 Å². The molecule has 0 amide bonds. The molecule has 0 bridgehead atoms. The second-order valence-electron chi connectivity index (χ2n) is 3.89. The molecular weight excluding hydrogens is 150 g/mol. The van der Waals surface area contributed by atoms with Crippen molar-refractivity contribution < 1.29 is 0 Å². The van der Waals surface area contributed by atoms with Crippen LogP contribution < -0.4 is 16.8 Å². The van der Waals surface area contributed by atoms with Gasteiger partial charge in [0.05, 0.1) is 0 Å². The smallest absolute Gasteiger partial charge is 0.0280 e. The monoisotopic (exact) mass is 171 g/mol. The van der Waals surface area contributed by atoms with Gasteiger partial charge in [-0.1, -0.05) is 19.3 Å². The number of hydrogen-bond donors (Lipinski definition) is 3. The molecule has 72 valence electrons. The fraction of sp³-hybridized carbons (Fsp3) is 1.00. The van der Waals surface area contributed by atoms with Gasteiger partial charge in [0.2, 0.25) is 0 Å². The van der Waals surface area contributed by atoms with E-state index in [1.807, 2.05) is 0 Å². The first-order valence-corrected chi connectivity index (χ1v) is 4.96. The van der Waals surface area contributed by atoms with Gasteiger partial charge in [-0.3, -0.25) is 0 Å². The molecular formula is C9H21N3. The first-order chi connectivity index (χ1) is 5.77. The van der Waals surface area contributed by atoms with Crippen LogP contribution in [0.1, 0.15) is 32.1 Å². The zero-order valence-corrected chi connectivity index (χ0v) is 7.81.